The Morgan fingerprint density at radius 2 is 1.87 bits per heavy atom. The molecule has 0 spiro atoms. The smallest absolute Gasteiger partial charge is 0.0236 e. The van der Waals surface area contributed by atoms with Crippen LogP contribution in [0.25, 0.3) is 0 Å². The van der Waals surface area contributed by atoms with E-state index in [2.05, 4.69) is 63.0 Å². The Hall–Kier alpha value is -0.820. The minimum absolute atomic E-state index is 0.606. The third kappa shape index (κ3) is 6.29. The van der Waals surface area contributed by atoms with Crippen LogP contribution in [0.15, 0.2) is 36.0 Å². The summed E-state index contributed by atoms with van der Waals surface area (Å²) in [7, 11) is 0. The summed E-state index contributed by atoms with van der Waals surface area (Å²) in [6.45, 7) is 12.9. The highest BCUT2D eigenvalue weighted by Gasteiger charge is 2.07. The Morgan fingerprint density at radius 3 is 2.27 bits per heavy atom. The normalized spacial score (nSPS) is 13.9. The monoisotopic (exact) mass is 207 g/mol. The van der Waals surface area contributed by atoms with Gasteiger partial charge in [-0.05, 0) is 39.8 Å². The van der Waals surface area contributed by atoms with Crippen molar-refractivity contribution < 1.29 is 0 Å². The molecule has 15 heavy (non-hydrogen) atoms. The maximum atomic E-state index is 2.45. The number of hydrogen-bond acceptors (Lipinski definition) is 1. The zero-order valence-electron chi connectivity index (χ0n) is 10.8. The zero-order valence-corrected chi connectivity index (χ0v) is 10.8. The van der Waals surface area contributed by atoms with Crippen LogP contribution in [-0.2, 0) is 0 Å². The fourth-order valence-electron chi connectivity index (χ4n) is 1.49. The van der Waals surface area contributed by atoms with Crippen LogP contribution in [0.1, 0.15) is 34.6 Å². The highest BCUT2D eigenvalue weighted by atomic mass is 15.1. The zero-order chi connectivity index (χ0) is 11.7. The molecule has 0 fully saturated rings. The van der Waals surface area contributed by atoms with Gasteiger partial charge in [0.2, 0.25) is 0 Å². The SMILES string of the molecule is CC=C/C=C(\C=C/C)CN(CC)C(C)C. The van der Waals surface area contributed by atoms with Gasteiger partial charge in [-0.25, -0.2) is 0 Å². The molecule has 0 aliphatic rings. The van der Waals surface area contributed by atoms with Crippen molar-refractivity contribution in [1.82, 2.24) is 4.90 Å². The van der Waals surface area contributed by atoms with Crippen molar-refractivity contribution in [3.8, 4) is 0 Å². The maximum Gasteiger partial charge on any atom is 0.0236 e. The lowest BCUT2D eigenvalue weighted by Gasteiger charge is -2.25. The molecule has 1 nitrogen and oxygen atoms in total. The number of rotatable bonds is 6. The van der Waals surface area contributed by atoms with E-state index in [1.54, 1.807) is 0 Å². The number of allylic oxidation sites excluding steroid dienone is 4. The lowest BCUT2D eigenvalue weighted by Crippen LogP contribution is -2.32. The van der Waals surface area contributed by atoms with E-state index in [-0.39, 0.29) is 0 Å². The van der Waals surface area contributed by atoms with Crippen molar-refractivity contribution >= 4 is 0 Å². The number of nitrogens with zero attached hydrogens (tertiary/aromatic N) is 1. The molecule has 0 aromatic carbocycles. The molecule has 0 heterocycles. The average molecular weight is 207 g/mol. The minimum Gasteiger partial charge on any atom is -0.297 e. The van der Waals surface area contributed by atoms with Crippen LogP contribution in [-0.4, -0.2) is 24.0 Å². The summed E-state index contributed by atoms with van der Waals surface area (Å²) in [6.07, 6.45) is 10.6. The van der Waals surface area contributed by atoms with Gasteiger partial charge in [-0.2, -0.15) is 0 Å². The second kappa shape index (κ2) is 8.49. The molecule has 0 saturated carbocycles. The van der Waals surface area contributed by atoms with Crippen LogP contribution in [0.4, 0.5) is 0 Å². The summed E-state index contributed by atoms with van der Waals surface area (Å²) in [5.41, 5.74) is 1.37. The van der Waals surface area contributed by atoms with Crippen molar-refractivity contribution in [2.45, 2.75) is 40.7 Å². The molecule has 0 saturated heterocycles. The van der Waals surface area contributed by atoms with Gasteiger partial charge in [-0.1, -0.05) is 37.3 Å². The van der Waals surface area contributed by atoms with Gasteiger partial charge in [-0.3, -0.25) is 4.90 Å². The number of hydrogen-bond donors (Lipinski definition) is 0. The summed E-state index contributed by atoms with van der Waals surface area (Å²) >= 11 is 0. The van der Waals surface area contributed by atoms with E-state index < -0.39 is 0 Å². The standard InChI is InChI=1S/C14H25N/c1-6-9-11-14(10-7-2)12-15(8-3)13(4)5/h6-7,9-11,13H,8,12H2,1-5H3/b9-6?,10-7-,14-11+. The molecule has 1 heteroatoms. The first kappa shape index (κ1) is 14.2. The first-order chi connectivity index (χ1) is 7.15. The topological polar surface area (TPSA) is 3.24 Å². The van der Waals surface area contributed by atoms with Crippen LogP contribution >= 0.6 is 0 Å². The van der Waals surface area contributed by atoms with Gasteiger partial charge in [0, 0.05) is 12.6 Å². The van der Waals surface area contributed by atoms with Crippen molar-refractivity contribution in [2.75, 3.05) is 13.1 Å². The quantitative estimate of drug-likeness (QED) is 0.599. The van der Waals surface area contributed by atoms with Gasteiger partial charge in [-0.15, -0.1) is 0 Å². The molecule has 0 aromatic heterocycles. The Bertz CT molecular complexity index is 234. The Kier molecular flexibility index (Phi) is 8.02. The molecule has 0 bridgehead atoms. The fourth-order valence-corrected chi connectivity index (χ4v) is 1.49. The molecule has 0 aliphatic heterocycles. The van der Waals surface area contributed by atoms with Crippen LogP contribution in [0.3, 0.4) is 0 Å². The van der Waals surface area contributed by atoms with Crippen molar-refractivity contribution in [3.63, 3.8) is 0 Å². The summed E-state index contributed by atoms with van der Waals surface area (Å²) in [5, 5.41) is 0. The van der Waals surface area contributed by atoms with Crippen LogP contribution < -0.4 is 0 Å². The van der Waals surface area contributed by atoms with E-state index in [9.17, 15) is 0 Å². The molecule has 0 amide bonds. The molecule has 86 valence electrons. The van der Waals surface area contributed by atoms with Gasteiger partial charge in [0.25, 0.3) is 0 Å². The maximum absolute atomic E-state index is 2.45. The van der Waals surface area contributed by atoms with Gasteiger partial charge in [0.1, 0.15) is 0 Å². The van der Waals surface area contributed by atoms with Crippen LogP contribution in [0, 0.1) is 0 Å². The summed E-state index contributed by atoms with van der Waals surface area (Å²) < 4.78 is 0. The average Bonchev–Trinajstić information content (AvgIpc) is 2.21. The predicted octanol–water partition coefficient (Wildman–Crippen LogP) is 3.80. The molecule has 0 atom stereocenters. The minimum atomic E-state index is 0.606. The molecule has 0 aromatic rings. The van der Waals surface area contributed by atoms with E-state index in [1.807, 2.05) is 6.92 Å². The second-order valence-corrected chi connectivity index (χ2v) is 3.92. The van der Waals surface area contributed by atoms with Gasteiger partial charge in [0.15, 0.2) is 0 Å². The van der Waals surface area contributed by atoms with E-state index in [4.69, 9.17) is 0 Å². The third-order valence-electron chi connectivity index (χ3n) is 2.41. The van der Waals surface area contributed by atoms with Crippen LogP contribution in [0.5, 0.6) is 0 Å². The molecular weight excluding hydrogens is 182 g/mol. The summed E-state index contributed by atoms with van der Waals surface area (Å²) in [4.78, 5) is 2.45. The highest BCUT2D eigenvalue weighted by molar-refractivity contribution is 5.24. The Morgan fingerprint density at radius 1 is 1.20 bits per heavy atom. The van der Waals surface area contributed by atoms with Gasteiger partial charge in [0.05, 0.1) is 0 Å². The fraction of sp³-hybridized carbons (Fsp3) is 0.571. The van der Waals surface area contributed by atoms with Crippen molar-refractivity contribution in [1.29, 1.82) is 0 Å². The molecular formula is C14H25N. The Balaban J connectivity index is 4.51. The Labute approximate surface area is 95.2 Å². The summed E-state index contributed by atoms with van der Waals surface area (Å²) in [5.74, 6) is 0. The third-order valence-corrected chi connectivity index (χ3v) is 2.41. The van der Waals surface area contributed by atoms with Gasteiger partial charge >= 0.3 is 0 Å². The molecule has 0 rings (SSSR count). The van der Waals surface area contributed by atoms with E-state index in [0.29, 0.717) is 6.04 Å². The van der Waals surface area contributed by atoms with E-state index in [1.165, 1.54) is 5.57 Å². The summed E-state index contributed by atoms with van der Waals surface area (Å²) in [6, 6.07) is 0.606. The van der Waals surface area contributed by atoms with Crippen molar-refractivity contribution in [2.24, 2.45) is 0 Å². The van der Waals surface area contributed by atoms with Crippen molar-refractivity contribution in [3.05, 3.63) is 36.0 Å². The highest BCUT2D eigenvalue weighted by Crippen LogP contribution is 2.06. The van der Waals surface area contributed by atoms with Crippen LogP contribution in [0.2, 0.25) is 0 Å². The molecule has 0 unspecified atom stereocenters. The number of likely N-dealkylation sites (N-methyl/N-ethyl adjacent to an activating group) is 1. The predicted molar refractivity (Wildman–Crippen MR) is 70.1 cm³/mol. The largest absolute Gasteiger partial charge is 0.297 e. The first-order valence-corrected chi connectivity index (χ1v) is 5.84. The van der Waals surface area contributed by atoms with E-state index >= 15 is 0 Å². The first-order valence-electron chi connectivity index (χ1n) is 5.84. The molecule has 0 N–H and O–H groups in total. The molecule has 0 radical (unpaired) electrons. The van der Waals surface area contributed by atoms with E-state index in [0.717, 1.165) is 13.1 Å². The lowest BCUT2D eigenvalue weighted by molar-refractivity contribution is 0.255. The lowest BCUT2D eigenvalue weighted by atomic mass is 10.2. The second-order valence-electron chi connectivity index (χ2n) is 3.92. The molecule has 0 aliphatic carbocycles. The van der Waals surface area contributed by atoms with Gasteiger partial charge < -0.3 is 0 Å².